The van der Waals surface area contributed by atoms with Crippen LogP contribution in [-0.4, -0.2) is 41.9 Å². The highest BCUT2D eigenvalue weighted by Crippen LogP contribution is 2.32. The van der Waals surface area contributed by atoms with Crippen LogP contribution in [0, 0.1) is 0 Å². The number of carbonyl (C=O) groups is 1. The molecule has 1 aromatic heterocycles. The molecule has 1 aliphatic heterocycles. The zero-order chi connectivity index (χ0) is 21.8. The lowest BCUT2D eigenvalue weighted by Crippen LogP contribution is -2.49. The molecule has 1 aliphatic rings. The summed E-state index contributed by atoms with van der Waals surface area (Å²) in [6, 6.07) is 33.8. The van der Waals surface area contributed by atoms with Crippen molar-refractivity contribution < 1.29 is 4.79 Å². The summed E-state index contributed by atoms with van der Waals surface area (Å²) >= 11 is 1.54. The second-order valence-corrected chi connectivity index (χ2v) is 9.00. The molecule has 0 aliphatic carbocycles. The third kappa shape index (κ3) is 4.24. The second kappa shape index (κ2) is 9.51. The topological polar surface area (TPSA) is 23.6 Å². The maximum Gasteiger partial charge on any atom is 0.264 e. The number of benzene rings is 3. The van der Waals surface area contributed by atoms with Crippen LogP contribution in [0.4, 0.5) is 0 Å². The number of nitrogens with zero attached hydrogens (tertiary/aromatic N) is 2. The van der Waals surface area contributed by atoms with Crippen LogP contribution in [-0.2, 0) is 0 Å². The van der Waals surface area contributed by atoms with Gasteiger partial charge in [0.2, 0.25) is 0 Å². The van der Waals surface area contributed by atoms with E-state index in [1.807, 2.05) is 28.5 Å². The fourth-order valence-electron chi connectivity index (χ4n) is 4.53. The molecule has 4 heteroatoms. The summed E-state index contributed by atoms with van der Waals surface area (Å²) < 4.78 is 0. The van der Waals surface area contributed by atoms with Gasteiger partial charge in [-0.05, 0) is 28.1 Å². The molecule has 0 bridgehead atoms. The molecule has 5 rings (SSSR count). The van der Waals surface area contributed by atoms with Gasteiger partial charge in [-0.1, -0.05) is 91.0 Å². The molecule has 0 spiro atoms. The van der Waals surface area contributed by atoms with Gasteiger partial charge in [0.15, 0.2) is 0 Å². The number of amides is 1. The van der Waals surface area contributed by atoms with Gasteiger partial charge in [0.1, 0.15) is 0 Å². The molecular weight excluding hydrogens is 412 g/mol. The van der Waals surface area contributed by atoms with Gasteiger partial charge in [-0.2, -0.15) is 0 Å². The van der Waals surface area contributed by atoms with Crippen LogP contribution >= 0.6 is 11.3 Å². The minimum absolute atomic E-state index is 0.148. The Morgan fingerprint density at radius 3 is 1.78 bits per heavy atom. The van der Waals surface area contributed by atoms with Gasteiger partial charge in [0.05, 0.1) is 10.9 Å². The number of piperazine rings is 1. The number of hydrogen-bond acceptors (Lipinski definition) is 3. The molecule has 160 valence electrons. The highest BCUT2D eigenvalue weighted by molar-refractivity contribution is 7.12. The monoisotopic (exact) mass is 438 g/mol. The normalized spacial score (nSPS) is 14.6. The molecule has 1 fully saturated rings. The maximum atomic E-state index is 13.4. The Labute approximate surface area is 193 Å². The summed E-state index contributed by atoms with van der Waals surface area (Å²) in [5.74, 6) is 0.148. The summed E-state index contributed by atoms with van der Waals surface area (Å²) in [4.78, 5) is 18.7. The molecule has 0 N–H and O–H groups in total. The van der Waals surface area contributed by atoms with Gasteiger partial charge in [-0.25, -0.2) is 0 Å². The summed E-state index contributed by atoms with van der Waals surface area (Å²) in [6.07, 6.45) is 0. The third-order valence-electron chi connectivity index (χ3n) is 6.14. The second-order valence-electron chi connectivity index (χ2n) is 8.08. The van der Waals surface area contributed by atoms with E-state index in [0.29, 0.717) is 0 Å². The Morgan fingerprint density at radius 2 is 1.22 bits per heavy atom. The van der Waals surface area contributed by atoms with E-state index in [2.05, 4.69) is 83.8 Å². The summed E-state index contributed by atoms with van der Waals surface area (Å²) in [5, 5.41) is 2.02. The van der Waals surface area contributed by atoms with Crippen molar-refractivity contribution in [2.24, 2.45) is 0 Å². The first-order valence-corrected chi connectivity index (χ1v) is 12.0. The molecule has 0 unspecified atom stereocenters. The predicted molar refractivity (Wildman–Crippen MR) is 132 cm³/mol. The minimum atomic E-state index is 0.148. The summed E-state index contributed by atoms with van der Waals surface area (Å²) in [7, 11) is 0. The van der Waals surface area contributed by atoms with Crippen LogP contribution in [0.5, 0.6) is 0 Å². The van der Waals surface area contributed by atoms with Crippen molar-refractivity contribution >= 4 is 17.2 Å². The standard InChI is InChI=1S/C28H26N2OS/c31-28(27-25(16-21-32-27)22-10-4-1-5-11-22)30-19-17-29(18-20-30)26(23-12-6-2-7-13-23)24-14-8-3-9-15-24/h1-16,21,26H,17-20H2. The van der Waals surface area contributed by atoms with Crippen molar-refractivity contribution in [1.82, 2.24) is 9.80 Å². The number of carbonyl (C=O) groups excluding carboxylic acids is 1. The minimum Gasteiger partial charge on any atom is -0.335 e. The van der Waals surface area contributed by atoms with Crippen LogP contribution in [0.15, 0.2) is 102 Å². The Balaban J connectivity index is 1.34. The van der Waals surface area contributed by atoms with E-state index in [0.717, 1.165) is 42.2 Å². The van der Waals surface area contributed by atoms with Crippen LogP contribution in [0.1, 0.15) is 26.8 Å². The Bertz CT molecular complexity index is 1110. The molecule has 1 saturated heterocycles. The van der Waals surface area contributed by atoms with Crippen LogP contribution in [0.3, 0.4) is 0 Å². The molecule has 4 aromatic rings. The van der Waals surface area contributed by atoms with Crippen LogP contribution in [0.2, 0.25) is 0 Å². The lowest BCUT2D eigenvalue weighted by molar-refractivity contribution is 0.0602. The molecule has 3 nitrogen and oxygen atoms in total. The van der Waals surface area contributed by atoms with Crippen molar-refractivity contribution in [1.29, 1.82) is 0 Å². The summed E-state index contributed by atoms with van der Waals surface area (Å²) in [6.45, 7) is 3.18. The first-order chi connectivity index (χ1) is 15.8. The fourth-order valence-corrected chi connectivity index (χ4v) is 5.41. The van der Waals surface area contributed by atoms with E-state index in [1.165, 1.54) is 11.1 Å². The van der Waals surface area contributed by atoms with Crippen molar-refractivity contribution in [3.8, 4) is 11.1 Å². The third-order valence-corrected chi connectivity index (χ3v) is 7.04. The Morgan fingerprint density at radius 1 is 0.688 bits per heavy atom. The quantitative estimate of drug-likeness (QED) is 0.384. The largest absolute Gasteiger partial charge is 0.335 e. The average Bonchev–Trinajstić information content (AvgIpc) is 3.36. The molecular formula is C28H26N2OS. The number of thiophene rings is 1. The van der Waals surface area contributed by atoms with Crippen LogP contribution < -0.4 is 0 Å². The maximum absolute atomic E-state index is 13.4. The average molecular weight is 439 g/mol. The van der Waals surface area contributed by atoms with Crippen molar-refractivity contribution in [2.45, 2.75) is 6.04 Å². The van der Waals surface area contributed by atoms with Gasteiger partial charge >= 0.3 is 0 Å². The van der Waals surface area contributed by atoms with Gasteiger partial charge in [0, 0.05) is 31.7 Å². The first-order valence-electron chi connectivity index (χ1n) is 11.1. The highest BCUT2D eigenvalue weighted by Gasteiger charge is 2.29. The smallest absolute Gasteiger partial charge is 0.264 e. The fraction of sp³-hybridized carbons (Fsp3) is 0.179. The zero-order valence-electron chi connectivity index (χ0n) is 17.9. The lowest BCUT2D eigenvalue weighted by Gasteiger charge is -2.39. The molecule has 0 atom stereocenters. The number of rotatable bonds is 5. The van der Waals surface area contributed by atoms with E-state index in [4.69, 9.17) is 0 Å². The van der Waals surface area contributed by atoms with E-state index in [1.54, 1.807) is 11.3 Å². The molecule has 0 saturated carbocycles. The Hall–Kier alpha value is -3.21. The van der Waals surface area contributed by atoms with Gasteiger partial charge in [-0.15, -0.1) is 11.3 Å². The summed E-state index contributed by atoms with van der Waals surface area (Å²) in [5.41, 5.74) is 4.73. The van der Waals surface area contributed by atoms with Crippen LogP contribution in [0.25, 0.3) is 11.1 Å². The van der Waals surface area contributed by atoms with E-state index in [-0.39, 0.29) is 11.9 Å². The molecule has 2 heterocycles. The van der Waals surface area contributed by atoms with Gasteiger partial charge < -0.3 is 4.90 Å². The van der Waals surface area contributed by atoms with Crippen molar-refractivity contribution in [3.63, 3.8) is 0 Å². The van der Waals surface area contributed by atoms with Crippen molar-refractivity contribution in [3.05, 3.63) is 118 Å². The first kappa shape index (κ1) is 20.7. The van der Waals surface area contributed by atoms with E-state index < -0.39 is 0 Å². The molecule has 1 amide bonds. The van der Waals surface area contributed by atoms with Crippen molar-refractivity contribution in [2.75, 3.05) is 26.2 Å². The number of hydrogen-bond donors (Lipinski definition) is 0. The highest BCUT2D eigenvalue weighted by atomic mass is 32.1. The molecule has 0 radical (unpaired) electrons. The van der Waals surface area contributed by atoms with Gasteiger partial charge in [-0.3, -0.25) is 9.69 Å². The molecule has 3 aromatic carbocycles. The predicted octanol–water partition coefficient (Wildman–Crippen LogP) is 5.96. The van der Waals surface area contributed by atoms with Gasteiger partial charge in [0.25, 0.3) is 5.91 Å². The molecule has 32 heavy (non-hydrogen) atoms. The lowest BCUT2D eigenvalue weighted by atomic mass is 9.96. The van der Waals surface area contributed by atoms with E-state index in [9.17, 15) is 4.79 Å². The zero-order valence-corrected chi connectivity index (χ0v) is 18.7. The van der Waals surface area contributed by atoms with E-state index >= 15 is 0 Å². The Kier molecular flexibility index (Phi) is 6.15. The SMILES string of the molecule is O=C(c1sccc1-c1ccccc1)N1CCN(C(c2ccccc2)c2ccccc2)CC1.